The van der Waals surface area contributed by atoms with Crippen LogP contribution in [-0.2, 0) is 5.33 Å². The van der Waals surface area contributed by atoms with Crippen LogP contribution in [0.3, 0.4) is 0 Å². The molecule has 0 spiro atoms. The zero-order chi connectivity index (χ0) is 8.43. The molecule has 0 aliphatic carbocycles. The summed E-state index contributed by atoms with van der Waals surface area (Å²) in [6, 6.07) is 4.23. The van der Waals surface area contributed by atoms with E-state index < -0.39 is 0 Å². The molecule has 1 aromatic rings. The molecule has 60 valence electrons. The van der Waals surface area contributed by atoms with Crippen molar-refractivity contribution in [2.24, 2.45) is 0 Å². The second-order valence-electron chi connectivity index (χ2n) is 2.33. The first kappa shape index (κ1) is 9.75. The van der Waals surface area contributed by atoms with Gasteiger partial charge in [-0.15, -0.1) is 0 Å². The van der Waals surface area contributed by atoms with E-state index in [-0.39, 0.29) is 0 Å². The molecule has 0 nitrogen and oxygen atoms in total. The van der Waals surface area contributed by atoms with Crippen LogP contribution >= 0.6 is 47.8 Å². The van der Waals surface area contributed by atoms with Gasteiger partial charge >= 0.3 is 0 Å². The summed E-state index contributed by atoms with van der Waals surface area (Å²) in [6.45, 7) is 2.08. The highest BCUT2D eigenvalue weighted by atomic mass is 79.9. The Kier molecular flexibility index (Phi) is 3.59. The number of aryl methyl sites for hydroxylation is 1. The smallest absolute Gasteiger partial charge is 0.0294 e. The maximum Gasteiger partial charge on any atom is 0.0294 e. The Morgan fingerprint density at radius 2 is 1.82 bits per heavy atom. The predicted molar refractivity (Wildman–Crippen MR) is 59.2 cm³/mol. The summed E-state index contributed by atoms with van der Waals surface area (Å²) < 4.78 is 2.32. The number of alkyl halides is 1. The van der Waals surface area contributed by atoms with Crippen molar-refractivity contribution in [2.45, 2.75) is 12.3 Å². The molecule has 0 unspecified atom stereocenters. The molecule has 0 aliphatic heterocycles. The average molecular weight is 343 g/mol. The van der Waals surface area contributed by atoms with Crippen molar-refractivity contribution in [3.05, 3.63) is 32.2 Å². The van der Waals surface area contributed by atoms with Crippen LogP contribution in [0.15, 0.2) is 21.1 Å². The van der Waals surface area contributed by atoms with Crippen LogP contribution < -0.4 is 0 Å². The van der Waals surface area contributed by atoms with E-state index in [0.29, 0.717) is 0 Å². The van der Waals surface area contributed by atoms with Crippen LogP contribution in [-0.4, -0.2) is 0 Å². The molecular weight excluding hydrogens is 336 g/mol. The molecule has 0 atom stereocenters. The first-order valence-corrected chi connectivity index (χ1v) is 5.86. The number of hydrogen-bond acceptors (Lipinski definition) is 0. The topological polar surface area (TPSA) is 0 Å². The molecule has 0 aliphatic rings. The van der Waals surface area contributed by atoms with Gasteiger partial charge in [0.15, 0.2) is 0 Å². The Hall–Kier alpha value is 0.660. The van der Waals surface area contributed by atoms with Gasteiger partial charge in [-0.1, -0.05) is 47.8 Å². The molecule has 0 saturated carbocycles. The van der Waals surface area contributed by atoms with Crippen molar-refractivity contribution in [2.75, 3.05) is 0 Å². The highest BCUT2D eigenvalue weighted by Crippen LogP contribution is 2.26. The molecule has 0 aromatic heterocycles. The van der Waals surface area contributed by atoms with Crippen LogP contribution in [0.5, 0.6) is 0 Å². The molecule has 0 saturated heterocycles. The van der Waals surface area contributed by atoms with Gasteiger partial charge in [0.2, 0.25) is 0 Å². The van der Waals surface area contributed by atoms with Crippen LogP contribution in [0.1, 0.15) is 11.1 Å². The number of hydrogen-bond donors (Lipinski definition) is 0. The maximum absolute atomic E-state index is 3.49. The minimum Gasteiger partial charge on any atom is -0.0876 e. The summed E-state index contributed by atoms with van der Waals surface area (Å²) >= 11 is 10.4. The van der Waals surface area contributed by atoms with Crippen LogP contribution in [0, 0.1) is 6.92 Å². The molecule has 0 fully saturated rings. The van der Waals surface area contributed by atoms with Gasteiger partial charge in [0.05, 0.1) is 0 Å². The van der Waals surface area contributed by atoms with Gasteiger partial charge in [0.25, 0.3) is 0 Å². The quantitative estimate of drug-likeness (QED) is 0.663. The van der Waals surface area contributed by atoms with E-state index in [4.69, 9.17) is 0 Å². The van der Waals surface area contributed by atoms with Gasteiger partial charge in [-0.05, 0) is 30.2 Å². The summed E-state index contributed by atoms with van der Waals surface area (Å²) in [6.07, 6.45) is 0. The van der Waals surface area contributed by atoms with Crippen molar-refractivity contribution in [3.63, 3.8) is 0 Å². The minimum atomic E-state index is 0.881. The fourth-order valence-corrected chi connectivity index (χ4v) is 2.62. The van der Waals surface area contributed by atoms with E-state index >= 15 is 0 Å². The van der Waals surface area contributed by atoms with Gasteiger partial charge in [-0.25, -0.2) is 0 Å². The predicted octanol–water partition coefficient (Wildman–Crippen LogP) is 4.41. The average Bonchev–Trinajstić information content (AvgIpc) is 1.97. The molecule has 0 amide bonds. The number of halogens is 3. The minimum absolute atomic E-state index is 0.881. The molecule has 0 heterocycles. The third-order valence-corrected chi connectivity index (χ3v) is 3.67. The van der Waals surface area contributed by atoms with Crippen molar-refractivity contribution >= 4 is 47.8 Å². The van der Waals surface area contributed by atoms with Crippen molar-refractivity contribution in [1.82, 2.24) is 0 Å². The summed E-state index contributed by atoms with van der Waals surface area (Å²) in [4.78, 5) is 0. The van der Waals surface area contributed by atoms with Gasteiger partial charge in [0, 0.05) is 14.3 Å². The Morgan fingerprint density at radius 1 is 1.18 bits per heavy atom. The summed E-state index contributed by atoms with van der Waals surface area (Å²) in [7, 11) is 0. The van der Waals surface area contributed by atoms with Gasteiger partial charge in [-0.3, -0.25) is 0 Å². The Morgan fingerprint density at radius 3 is 2.36 bits per heavy atom. The van der Waals surface area contributed by atoms with E-state index in [1.165, 1.54) is 11.1 Å². The van der Waals surface area contributed by atoms with Crippen LogP contribution in [0.4, 0.5) is 0 Å². The summed E-state index contributed by atoms with van der Waals surface area (Å²) in [5.74, 6) is 0. The highest BCUT2D eigenvalue weighted by Gasteiger charge is 2.01. The lowest BCUT2D eigenvalue weighted by Crippen LogP contribution is -1.83. The van der Waals surface area contributed by atoms with E-state index in [9.17, 15) is 0 Å². The van der Waals surface area contributed by atoms with E-state index in [2.05, 4.69) is 66.8 Å². The van der Waals surface area contributed by atoms with E-state index in [0.717, 1.165) is 14.3 Å². The standard InChI is InChI=1S/C8H7Br3/c1-5-2-8(11)6(4-9)3-7(5)10/h2-3H,4H2,1H3. The van der Waals surface area contributed by atoms with Crippen LogP contribution in [0.25, 0.3) is 0 Å². The first-order chi connectivity index (χ1) is 5.15. The molecule has 3 heteroatoms. The van der Waals surface area contributed by atoms with Gasteiger partial charge < -0.3 is 0 Å². The monoisotopic (exact) mass is 340 g/mol. The van der Waals surface area contributed by atoms with Gasteiger partial charge in [-0.2, -0.15) is 0 Å². The Bertz CT molecular complexity index is 268. The molecule has 0 bridgehead atoms. The normalized spacial score (nSPS) is 10.2. The molecule has 1 aromatic carbocycles. The fraction of sp³-hybridized carbons (Fsp3) is 0.250. The van der Waals surface area contributed by atoms with Crippen molar-refractivity contribution < 1.29 is 0 Å². The van der Waals surface area contributed by atoms with Crippen molar-refractivity contribution in [1.29, 1.82) is 0 Å². The SMILES string of the molecule is Cc1cc(Br)c(CBr)cc1Br. The Balaban J connectivity index is 3.21. The molecule has 11 heavy (non-hydrogen) atoms. The second kappa shape index (κ2) is 4.06. The zero-order valence-electron chi connectivity index (χ0n) is 6.00. The zero-order valence-corrected chi connectivity index (χ0v) is 10.8. The van der Waals surface area contributed by atoms with Crippen molar-refractivity contribution in [3.8, 4) is 0 Å². The molecular formula is C8H7Br3. The fourth-order valence-electron chi connectivity index (χ4n) is 0.790. The van der Waals surface area contributed by atoms with E-state index in [1.54, 1.807) is 0 Å². The largest absolute Gasteiger partial charge is 0.0876 e. The molecule has 1 rings (SSSR count). The first-order valence-electron chi connectivity index (χ1n) is 3.15. The van der Waals surface area contributed by atoms with Crippen LogP contribution in [0.2, 0.25) is 0 Å². The van der Waals surface area contributed by atoms with Gasteiger partial charge in [0.1, 0.15) is 0 Å². The number of benzene rings is 1. The molecule has 0 N–H and O–H groups in total. The lowest BCUT2D eigenvalue weighted by molar-refractivity contribution is 1.32. The summed E-state index contributed by atoms with van der Waals surface area (Å²) in [5.41, 5.74) is 2.52. The summed E-state index contributed by atoms with van der Waals surface area (Å²) in [5, 5.41) is 0.881. The van der Waals surface area contributed by atoms with E-state index in [1.807, 2.05) is 0 Å². The highest BCUT2D eigenvalue weighted by molar-refractivity contribution is 9.11. The molecule has 0 radical (unpaired) electrons. The lowest BCUT2D eigenvalue weighted by Gasteiger charge is -2.03. The Labute approximate surface area is 91.8 Å². The third kappa shape index (κ3) is 2.30. The number of rotatable bonds is 1. The third-order valence-electron chi connectivity index (χ3n) is 1.47. The lowest BCUT2D eigenvalue weighted by atomic mass is 10.2. The second-order valence-corrected chi connectivity index (χ2v) is 4.60. The maximum atomic E-state index is 3.49.